The highest BCUT2D eigenvalue weighted by Crippen LogP contribution is 2.26. The molecule has 21 heavy (non-hydrogen) atoms. The van der Waals surface area contributed by atoms with Crippen molar-refractivity contribution in [3.05, 3.63) is 33.3 Å². The number of amides is 1. The van der Waals surface area contributed by atoms with Crippen molar-refractivity contribution >= 4 is 39.4 Å². The molecule has 0 aromatic heterocycles. The van der Waals surface area contributed by atoms with Crippen LogP contribution in [0.25, 0.3) is 0 Å². The molecule has 114 valence electrons. The van der Waals surface area contributed by atoms with Gasteiger partial charge in [-0.1, -0.05) is 11.6 Å². The lowest BCUT2D eigenvalue weighted by Crippen LogP contribution is -2.38. The fourth-order valence-corrected chi connectivity index (χ4v) is 3.04. The van der Waals surface area contributed by atoms with Crippen molar-refractivity contribution in [2.75, 3.05) is 7.11 Å². The summed E-state index contributed by atoms with van der Waals surface area (Å²) < 4.78 is 5.46. The van der Waals surface area contributed by atoms with Crippen LogP contribution in [0.15, 0.2) is 22.7 Å². The van der Waals surface area contributed by atoms with Crippen LogP contribution in [0.5, 0.6) is 0 Å². The van der Waals surface area contributed by atoms with Crippen molar-refractivity contribution in [1.29, 1.82) is 0 Å². The van der Waals surface area contributed by atoms with Gasteiger partial charge in [0.1, 0.15) is 0 Å². The Balaban J connectivity index is 1.89. The first-order chi connectivity index (χ1) is 10.0. The molecule has 1 aromatic rings. The highest BCUT2D eigenvalue weighted by Gasteiger charge is 2.27. The zero-order valence-corrected chi connectivity index (χ0v) is 14.0. The van der Waals surface area contributed by atoms with Gasteiger partial charge < -0.3 is 10.1 Å². The average Bonchev–Trinajstić information content (AvgIpc) is 2.50. The molecule has 1 aliphatic rings. The molecule has 1 N–H and O–H groups in total. The van der Waals surface area contributed by atoms with Crippen molar-refractivity contribution in [2.24, 2.45) is 5.92 Å². The lowest BCUT2D eigenvalue weighted by atomic mass is 9.86. The molecular formula is C15H17BrClNO3. The van der Waals surface area contributed by atoms with E-state index in [1.807, 2.05) is 0 Å². The minimum Gasteiger partial charge on any atom is -0.469 e. The van der Waals surface area contributed by atoms with Gasteiger partial charge in [0.15, 0.2) is 0 Å². The third-order valence-electron chi connectivity index (χ3n) is 3.78. The first-order valence-electron chi connectivity index (χ1n) is 6.85. The van der Waals surface area contributed by atoms with Gasteiger partial charge in [0.2, 0.25) is 0 Å². The summed E-state index contributed by atoms with van der Waals surface area (Å²) in [6.45, 7) is 0. The quantitative estimate of drug-likeness (QED) is 0.823. The van der Waals surface area contributed by atoms with Gasteiger partial charge in [-0.2, -0.15) is 0 Å². The van der Waals surface area contributed by atoms with Gasteiger partial charge in [-0.15, -0.1) is 0 Å². The van der Waals surface area contributed by atoms with Crippen molar-refractivity contribution in [3.8, 4) is 0 Å². The number of esters is 1. The summed E-state index contributed by atoms with van der Waals surface area (Å²) in [6.07, 6.45) is 3.09. The molecule has 1 aliphatic carbocycles. The smallest absolute Gasteiger partial charge is 0.308 e. The fourth-order valence-electron chi connectivity index (χ4n) is 2.55. The van der Waals surface area contributed by atoms with Crippen LogP contribution in [-0.4, -0.2) is 25.0 Å². The molecule has 0 radical (unpaired) electrons. The summed E-state index contributed by atoms with van der Waals surface area (Å²) in [5.41, 5.74) is 0.571. The van der Waals surface area contributed by atoms with Crippen LogP contribution in [0.1, 0.15) is 36.0 Å². The number of rotatable bonds is 3. The molecule has 1 saturated carbocycles. The van der Waals surface area contributed by atoms with Gasteiger partial charge in [0.25, 0.3) is 5.91 Å². The molecule has 2 rings (SSSR count). The third-order valence-corrected chi connectivity index (χ3v) is 4.99. The van der Waals surface area contributed by atoms with E-state index in [4.69, 9.17) is 16.3 Å². The van der Waals surface area contributed by atoms with Gasteiger partial charge in [0.05, 0.1) is 18.1 Å². The van der Waals surface area contributed by atoms with Crippen LogP contribution in [0.3, 0.4) is 0 Å². The number of hydrogen-bond acceptors (Lipinski definition) is 3. The van der Waals surface area contributed by atoms with Gasteiger partial charge in [0, 0.05) is 16.1 Å². The van der Waals surface area contributed by atoms with Crippen molar-refractivity contribution < 1.29 is 14.3 Å². The van der Waals surface area contributed by atoms with Crippen LogP contribution in [-0.2, 0) is 9.53 Å². The lowest BCUT2D eigenvalue weighted by molar-refractivity contribution is -0.146. The van der Waals surface area contributed by atoms with Crippen LogP contribution in [0, 0.1) is 5.92 Å². The Hall–Kier alpha value is -1.07. The zero-order chi connectivity index (χ0) is 15.4. The highest BCUT2D eigenvalue weighted by molar-refractivity contribution is 9.10. The standard InChI is InChI=1S/C15H17BrClNO3/c1-21-15(20)9-2-5-11(6-3-9)18-14(19)10-4-7-13(17)12(16)8-10/h4,7-9,11H,2-3,5-6H2,1H3,(H,18,19). The van der Waals surface area contributed by atoms with Gasteiger partial charge in [-0.05, 0) is 59.8 Å². The Labute approximate surface area is 137 Å². The van der Waals surface area contributed by atoms with E-state index in [-0.39, 0.29) is 23.8 Å². The number of methoxy groups -OCH3 is 1. The van der Waals surface area contributed by atoms with E-state index in [0.29, 0.717) is 15.1 Å². The van der Waals surface area contributed by atoms with E-state index in [9.17, 15) is 9.59 Å². The lowest BCUT2D eigenvalue weighted by Gasteiger charge is -2.27. The Morgan fingerprint density at radius 3 is 2.52 bits per heavy atom. The summed E-state index contributed by atoms with van der Waals surface area (Å²) >= 11 is 9.22. The highest BCUT2D eigenvalue weighted by atomic mass is 79.9. The van der Waals surface area contributed by atoms with E-state index < -0.39 is 0 Å². The molecule has 1 aromatic carbocycles. The number of ether oxygens (including phenoxy) is 1. The van der Waals surface area contributed by atoms with Gasteiger partial charge in [-0.25, -0.2) is 0 Å². The first kappa shape index (κ1) is 16.3. The number of hydrogen-bond donors (Lipinski definition) is 1. The van der Waals surface area contributed by atoms with E-state index in [0.717, 1.165) is 25.7 Å². The Morgan fingerprint density at radius 1 is 1.29 bits per heavy atom. The molecule has 0 spiro atoms. The van der Waals surface area contributed by atoms with Crippen molar-refractivity contribution in [2.45, 2.75) is 31.7 Å². The fraction of sp³-hybridized carbons (Fsp3) is 0.467. The maximum atomic E-state index is 12.2. The summed E-state index contributed by atoms with van der Waals surface area (Å²) in [4.78, 5) is 23.6. The average molecular weight is 375 g/mol. The van der Waals surface area contributed by atoms with Gasteiger partial charge in [-0.3, -0.25) is 9.59 Å². The van der Waals surface area contributed by atoms with Crippen LogP contribution < -0.4 is 5.32 Å². The first-order valence-corrected chi connectivity index (χ1v) is 8.02. The minimum absolute atomic E-state index is 0.0344. The van der Waals surface area contributed by atoms with Crippen LogP contribution in [0.2, 0.25) is 5.02 Å². The molecule has 0 bridgehead atoms. The number of halogens is 2. The second kappa shape index (κ2) is 7.27. The Morgan fingerprint density at radius 2 is 1.95 bits per heavy atom. The molecular weight excluding hydrogens is 358 g/mol. The largest absolute Gasteiger partial charge is 0.469 e. The monoisotopic (exact) mass is 373 g/mol. The summed E-state index contributed by atoms with van der Waals surface area (Å²) in [7, 11) is 1.41. The molecule has 4 nitrogen and oxygen atoms in total. The van der Waals surface area contributed by atoms with Crippen molar-refractivity contribution in [1.82, 2.24) is 5.32 Å². The predicted molar refractivity (Wildman–Crippen MR) is 84.4 cm³/mol. The maximum absolute atomic E-state index is 12.2. The van der Waals surface area contributed by atoms with E-state index in [2.05, 4.69) is 21.2 Å². The van der Waals surface area contributed by atoms with E-state index >= 15 is 0 Å². The number of carbonyl (C=O) groups is 2. The SMILES string of the molecule is COC(=O)C1CCC(NC(=O)c2ccc(Cl)c(Br)c2)CC1. The van der Waals surface area contributed by atoms with E-state index in [1.54, 1.807) is 18.2 Å². The predicted octanol–water partition coefficient (Wildman–Crippen LogP) is 3.56. The zero-order valence-electron chi connectivity index (χ0n) is 11.7. The van der Waals surface area contributed by atoms with Crippen LogP contribution >= 0.6 is 27.5 Å². The molecule has 0 atom stereocenters. The molecule has 0 unspecified atom stereocenters. The summed E-state index contributed by atoms with van der Waals surface area (Å²) in [6, 6.07) is 5.20. The Bertz CT molecular complexity index is 542. The molecule has 1 fully saturated rings. The maximum Gasteiger partial charge on any atom is 0.308 e. The summed E-state index contributed by atoms with van der Waals surface area (Å²) in [5, 5.41) is 3.58. The number of nitrogens with one attached hydrogen (secondary N) is 1. The number of benzene rings is 1. The van der Waals surface area contributed by atoms with Gasteiger partial charge >= 0.3 is 5.97 Å². The normalized spacial score (nSPS) is 21.7. The molecule has 0 aliphatic heterocycles. The second-order valence-corrected chi connectivity index (χ2v) is 6.44. The molecule has 0 heterocycles. The molecule has 6 heteroatoms. The topological polar surface area (TPSA) is 55.4 Å². The molecule has 1 amide bonds. The summed E-state index contributed by atoms with van der Waals surface area (Å²) in [5.74, 6) is -0.303. The Kier molecular flexibility index (Phi) is 5.65. The van der Waals surface area contributed by atoms with E-state index in [1.165, 1.54) is 7.11 Å². The number of carbonyl (C=O) groups excluding carboxylic acids is 2. The third kappa shape index (κ3) is 4.20. The molecule has 0 saturated heterocycles. The second-order valence-electron chi connectivity index (χ2n) is 5.17. The van der Waals surface area contributed by atoms with Crippen molar-refractivity contribution in [3.63, 3.8) is 0 Å². The minimum atomic E-state index is -0.151. The van der Waals surface area contributed by atoms with Crippen LogP contribution in [0.4, 0.5) is 0 Å².